The molecule has 0 aromatic heterocycles. The molecule has 0 aliphatic rings. The van der Waals surface area contributed by atoms with E-state index in [4.69, 9.17) is 5.11 Å². The monoisotopic (exact) mass is 232 g/mol. The van der Waals surface area contributed by atoms with Crippen molar-refractivity contribution in [1.29, 1.82) is 0 Å². The van der Waals surface area contributed by atoms with Crippen molar-refractivity contribution in [3.8, 4) is 0 Å². The molecule has 2 nitrogen and oxygen atoms in total. The molecule has 0 heterocycles. The SMILES string of the molecule is C[C@H](CC(=O)O)c1cccc(C(F)(F)F)c1. The van der Waals surface area contributed by atoms with Crippen molar-refractivity contribution in [3.63, 3.8) is 0 Å². The third-order valence-electron chi connectivity index (χ3n) is 2.26. The standard InChI is InChI=1S/C11H11F3O2/c1-7(5-10(15)16)8-3-2-4-9(6-8)11(12,13)14/h2-4,6-7H,5H2,1H3,(H,15,16)/t7-/m1/s1. The van der Waals surface area contributed by atoms with E-state index in [9.17, 15) is 18.0 Å². The van der Waals surface area contributed by atoms with Crippen molar-refractivity contribution in [2.45, 2.75) is 25.4 Å². The molecular weight excluding hydrogens is 221 g/mol. The minimum atomic E-state index is -4.39. The van der Waals surface area contributed by atoms with Gasteiger partial charge in [0.05, 0.1) is 12.0 Å². The van der Waals surface area contributed by atoms with Crippen molar-refractivity contribution in [2.24, 2.45) is 0 Å². The smallest absolute Gasteiger partial charge is 0.416 e. The summed E-state index contributed by atoms with van der Waals surface area (Å²) in [6, 6.07) is 4.75. The third-order valence-corrected chi connectivity index (χ3v) is 2.26. The molecule has 0 amide bonds. The lowest BCUT2D eigenvalue weighted by molar-refractivity contribution is -0.138. The highest BCUT2D eigenvalue weighted by Gasteiger charge is 2.30. The minimum Gasteiger partial charge on any atom is -0.481 e. The number of carboxylic acid groups (broad SMARTS) is 1. The van der Waals surface area contributed by atoms with Crippen molar-refractivity contribution in [1.82, 2.24) is 0 Å². The van der Waals surface area contributed by atoms with E-state index >= 15 is 0 Å². The Morgan fingerprint density at radius 3 is 2.56 bits per heavy atom. The molecule has 0 spiro atoms. The van der Waals surface area contributed by atoms with Gasteiger partial charge in [-0.05, 0) is 17.5 Å². The fourth-order valence-corrected chi connectivity index (χ4v) is 1.40. The van der Waals surface area contributed by atoms with Crippen LogP contribution in [0.1, 0.15) is 30.4 Å². The number of rotatable bonds is 3. The molecule has 1 atom stereocenters. The summed E-state index contributed by atoms with van der Waals surface area (Å²) >= 11 is 0. The first-order valence-electron chi connectivity index (χ1n) is 4.69. The van der Waals surface area contributed by atoms with Crippen molar-refractivity contribution >= 4 is 5.97 Å². The van der Waals surface area contributed by atoms with E-state index in [0.717, 1.165) is 12.1 Å². The summed E-state index contributed by atoms with van der Waals surface area (Å²) in [6.07, 6.45) is -4.57. The number of carboxylic acids is 1. The van der Waals surface area contributed by atoms with Gasteiger partial charge in [0.2, 0.25) is 0 Å². The van der Waals surface area contributed by atoms with E-state index in [1.807, 2.05) is 0 Å². The Morgan fingerprint density at radius 1 is 1.44 bits per heavy atom. The highest BCUT2D eigenvalue weighted by molar-refractivity contribution is 5.67. The van der Waals surface area contributed by atoms with Crippen molar-refractivity contribution in [3.05, 3.63) is 35.4 Å². The maximum atomic E-state index is 12.4. The summed E-state index contributed by atoms with van der Waals surface area (Å²) in [7, 11) is 0. The molecular formula is C11H11F3O2. The van der Waals surface area contributed by atoms with E-state index < -0.39 is 23.6 Å². The molecule has 88 valence electrons. The summed E-state index contributed by atoms with van der Waals surface area (Å²) in [5.41, 5.74) is -0.362. The highest BCUT2D eigenvalue weighted by atomic mass is 19.4. The first-order valence-corrected chi connectivity index (χ1v) is 4.69. The number of alkyl halides is 3. The average molecular weight is 232 g/mol. The van der Waals surface area contributed by atoms with Gasteiger partial charge in [-0.1, -0.05) is 25.1 Å². The summed E-state index contributed by atoms with van der Waals surface area (Å²) < 4.78 is 37.1. The lowest BCUT2D eigenvalue weighted by atomic mass is 9.96. The van der Waals surface area contributed by atoms with Gasteiger partial charge in [-0.2, -0.15) is 13.2 Å². The first-order chi connectivity index (χ1) is 7.30. The van der Waals surface area contributed by atoms with Crippen LogP contribution in [-0.2, 0) is 11.0 Å². The van der Waals surface area contributed by atoms with Crippen LogP contribution in [0.25, 0.3) is 0 Å². The Kier molecular flexibility index (Phi) is 3.57. The molecule has 0 unspecified atom stereocenters. The molecule has 0 fully saturated rings. The Bertz CT molecular complexity index is 385. The molecule has 0 bridgehead atoms. The summed E-state index contributed by atoms with van der Waals surface area (Å²) in [5, 5.41) is 8.55. The van der Waals surface area contributed by atoms with Gasteiger partial charge in [-0.3, -0.25) is 4.79 Å². The number of halogens is 3. The number of benzene rings is 1. The van der Waals surface area contributed by atoms with Crippen LogP contribution >= 0.6 is 0 Å². The van der Waals surface area contributed by atoms with Crippen LogP contribution in [0, 0.1) is 0 Å². The summed E-state index contributed by atoms with van der Waals surface area (Å²) in [5.74, 6) is -1.45. The van der Waals surface area contributed by atoms with Gasteiger partial charge in [-0.25, -0.2) is 0 Å². The van der Waals surface area contributed by atoms with E-state index in [-0.39, 0.29) is 6.42 Å². The largest absolute Gasteiger partial charge is 0.481 e. The predicted molar refractivity (Wildman–Crippen MR) is 52.1 cm³/mol. The number of hydrogen-bond donors (Lipinski definition) is 1. The fourth-order valence-electron chi connectivity index (χ4n) is 1.40. The van der Waals surface area contributed by atoms with Crippen LogP contribution in [0.5, 0.6) is 0 Å². The summed E-state index contributed by atoms with van der Waals surface area (Å²) in [6.45, 7) is 1.59. The quantitative estimate of drug-likeness (QED) is 0.868. The fraction of sp³-hybridized carbons (Fsp3) is 0.364. The van der Waals surface area contributed by atoms with E-state index in [1.54, 1.807) is 6.92 Å². The van der Waals surface area contributed by atoms with Crippen LogP contribution < -0.4 is 0 Å². The number of carbonyl (C=O) groups is 1. The van der Waals surface area contributed by atoms with Crippen LogP contribution in [0.4, 0.5) is 13.2 Å². The van der Waals surface area contributed by atoms with Gasteiger partial charge in [0.1, 0.15) is 0 Å². The lowest BCUT2D eigenvalue weighted by Gasteiger charge is -2.12. The van der Waals surface area contributed by atoms with Crippen LogP contribution in [0.15, 0.2) is 24.3 Å². The van der Waals surface area contributed by atoms with Crippen LogP contribution in [-0.4, -0.2) is 11.1 Å². The molecule has 1 rings (SSSR count). The Balaban J connectivity index is 2.94. The zero-order valence-electron chi connectivity index (χ0n) is 8.58. The van der Waals surface area contributed by atoms with Gasteiger partial charge < -0.3 is 5.11 Å². The Labute approximate surface area is 90.7 Å². The molecule has 5 heteroatoms. The van der Waals surface area contributed by atoms with E-state index in [2.05, 4.69) is 0 Å². The topological polar surface area (TPSA) is 37.3 Å². The van der Waals surface area contributed by atoms with Gasteiger partial charge in [0.25, 0.3) is 0 Å². The second kappa shape index (κ2) is 4.55. The maximum Gasteiger partial charge on any atom is 0.416 e. The lowest BCUT2D eigenvalue weighted by Crippen LogP contribution is -2.07. The second-order valence-corrected chi connectivity index (χ2v) is 3.62. The second-order valence-electron chi connectivity index (χ2n) is 3.62. The van der Waals surface area contributed by atoms with Crippen molar-refractivity contribution < 1.29 is 23.1 Å². The first kappa shape index (κ1) is 12.5. The Hall–Kier alpha value is -1.52. The third kappa shape index (κ3) is 3.25. The molecule has 0 aliphatic heterocycles. The Morgan fingerprint density at radius 2 is 2.06 bits per heavy atom. The van der Waals surface area contributed by atoms with Crippen molar-refractivity contribution in [2.75, 3.05) is 0 Å². The molecule has 1 N–H and O–H groups in total. The molecule has 1 aromatic rings. The molecule has 0 saturated heterocycles. The minimum absolute atomic E-state index is 0.179. The van der Waals surface area contributed by atoms with E-state index in [1.165, 1.54) is 12.1 Å². The van der Waals surface area contributed by atoms with Gasteiger partial charge >= 0.3 is 12.1 Å². The van der Waals surface area contributed by atoms with Crippen LogP contribution in [0.2, 0.25) is 0 Å². The molecule has 0 saturated carbocycles. The van der Waals surface area contributed by atoms with E-state index in [0.29, 0.717) is 5.56 Å². The predicted octanol–water partition coefficient (Wildman–Crippen LogP) is 3.28. The zero-order valence-corrected chi connectivity index (χ0v) is 8.58. The highest BCUT2D eigenvalue weighted by Crippen LogP contribution is 2.31. The molecule has 1 aromatic carbocycles. The average Bonchev–Trinajstić information content (AvgIpc) is 2.15. The van der Waals surface area contributed by atoms with Crippen LogP contribution in [0.3, 0.4) is 0 Å². The van der Waals surface area contributed by atoms with Gasteiger partial charge in [-0.15, -0.1) is 0 Å². The number of hydrogen-bond acceptors (Lipinski definition) is 1. The molecule has 16 heavy (non-hydrogen) atoms. The van der Waals surface area contributed by atoms with Gasteiger partial charge in [0, 0.05) is 0 Å². The molecule has 0 radical (unpaired) electrons. The zero-order chi connectivity index (χ0) is 12.3. The summed E-state index contributed by atoms with van der Waals surface area (Å²) in [4.78, 5) is 10.4. The normalized spacial score (nSPS) is 13.5. The number of aliphatic carboxylic acids is 1. The maximum absolute atomic E-state index is 12.4. The molecule has 0 aliphatic carbocycles. The van der Waals surface area contributed by atoms with Gasteiger partial charge in [0.15, 0.2) is 0 Å².